The molecule has 0 aromatic rings. The molecule has 0 saturated carbocycles. The molecule has 0 aromatic heterocycles. The minimum atomic E-state index is -0.0342. The zero-order valence-corrected chi connectivity index (χ0v) is 16.9. The van der Waals surface area contributed by atoms with Crippen molar-refractivity contribution in [3.8, 4) is 0 Å². The van der Waals surface area contributed by atoms with E-state index >= 15 is 0 Å². The second kappa shape index (κ2) is 11.9. The number of nitrogens with zero attached hydrogens (tertiary/aromatic N) is 1. The Balaban J connectivity index is 0. The molecule has 1 heterocycles. The van der Waals surface area contributed by atoms with Crippen molar-refractivity contribution in [2.75, 3.05) is 0 Å². The fourth-order valence-electron chi connectivity index (χ4n) is 2.63. The summed E-state index contributed by atoms with van der Waals surface area (Å²) in [6.07, 6.45) is 3.64. The van der Waals surface area contributed by atoms with E-state index < -0.39 is 0 Å². The first kappa shape index (κ1) is 26.6. The predicted molar refractivity (Wildman–Crippen MR) is 91.1 cm³/mol. The Morgan fingerprint density at radius 1 is 0.783 bits per heavy atom. The number of halogens is 1. The fraction of sp³-hybridized carbons (Fsp3) is 0.632. The molecule has 0 radical (unpaired) electrons. The van der Waals surface area contributed by atoms with Gasteiger partial charge < -0.3 is 0 Å². The summed E-state index contributed by atoms with van der Waals surface area (Å²) in [4.78, 5) is 4.30. The van der Waals surface area contributed by atoms with Crippen LogP contribution in [0, 0.1) is 99.1 Å². The van der Waals surface area contributed by atoms with Crippen molar-refractivity contribution in [2.24, 2.45) is 28.7 Å². The van der Waals surface area contributed by atoms with Crippen LogP contribution in [0.25, 0.3) is 0 Å². The first-order valence-corrected chi connectivity index (χ1v) is 7.92. The normalized spacial score (nSPS) is 29.9. The van der Waals surface area contributed by atoms with Crippen molar-refractivity contribution in [3.63, 3.8) is 0 Å². The van der Waals surface area contributed by atoms with E-state index in [-0.39, 0.29) is 81.3 Å². The van der Waals surface area contributed by atoms with E-state index in [1.54, 1.807) is 6.08 Å². The molecule has 134 valence electrons. The van der Waals surface area contributed by atoms with Crippen LogP contribution in [0.3, 0.4) is 0 Å². The molecule has 0 N–H and O–H groups in total. The molecule has 4 atom stereocenters. The summed E-state index contributed by atoms with van der Waals surface area (Å²) < 4.78 is 13.1. The Hall–Kier alpha value is 1.34. The smallest absolute Gasteiger partial charge is 0.122 e. The van der Waals surface area contributed by atoms with Gasteiger partial charge in [-0.2, -0.15) is 0 Å². The van der Waals surface area contributed by atoms with Crippen LogP contribution in [-0.4, -0.2) is 5.71 Å². The van der Waals surface area contributed by atoms with Crippen molar-refractivity contribution >= 4 is 5.71 Å². The van der Waals surface area contributed by atoms with Crippen LogP contribution in [0.4, 0.5) is 4.39 Å². The van der Waals surface area contributed by atoms with Crippen LogP contribution < -0.4 is 0 Å². The monoisotopic (exact) mass is 371 g/mol. The summed E-state index contributed by atoms with van der Waals surface area (Å²) in [5, 5.41) is 0. The standard InChI is InChI=1S/C10H15F.C9H15N.2Ar/c1-6-5-10(11)9(4)8(3)7(6)2;1-6-5-10-9(4)8(3)7(6)2;;/h5,7-8H,1-4H3;5,7-8H,1-4H3;;. The molecule has 0 bridgehead atoms. The summed E-state index contributed by atoms with van der Waals surface area (Å²) in [7, 11) is 0. The summed E-state index contributed by atoms with van der Waals surface area (Å²) >= 11 is 0. The molecule has 1 aliphatic heterocycles. The van der Waals surface area contributed by atoms with Crippen LogP contribution in [0.2, 0.25) is 0 Å². The average molecular weight is 371 g/mol. The van der Waals surface area contributed by atoms with Gasteiger partial charge in [0.1, 0.15) is 5.83 Å². The molecule has 0 fully saturated rings. The zero-order chi connectivity index (χ0) is 16.3. The number of hydrogen-bond acceptors (Lipinski definition) is 1. The molecular formula is C19H30Ar2FN. The zero-order valence-electron chi connectivity index (χ0n) is 15.5. The molecule has 2 aliphatic rings. The van der Waals surface area contributed by atoms with Crippen molar-refractivity contribution in [3.05, 3.63) is 34.8 Å². The molecule has 1 aliphatic carbocycles. The molecule has 0 saturated heterocycles. The summed E-state index contributed by atoms with van der Waals surface area (Å²) in [6, 6.07) is 0. The molecule has 0 spiro atoms. The predicted octanol–water partition coefficient (Wildman–Crippen LogP) is 6.10. The third-order valence-corrected chi connectivity index (χ3v) is 5.48. The van der Waals surface area contributed by atoms with E-state index in [0.717, 1.165) is 11.1 Å². The van der Waals surface area contributed by atoms with Gasteiger partial charge in [-0.1, -0.05) is 38.8 Å². The Labute approximate surface area is 202 Å². The first-order chi connectivity index (χ1) is 9.66. The number of hydrogen-bond donors (Lipinski definition) is 0. The summed E-state index contributed by atoms with van der Waals surface area (Å²) in [5.41, 5.74) is 4.71. The molecule has 2 rings (SSSR count). The maximum Gasteiger partial charge on any atom is 0.122 e. The van der Waals surface area contributed by atoms with Crippen molar-refractivity contribution < 1.29 is 79.9 Å². The van der Waals surface area contributed by atoms with E-state index in [9.17, 15) is 4.39 Å². The van der Waals surface area contributed by atoms with Crippen molar-refractivity contribution in [1.82, 2.24) is 0 Å². The Morgan fingerprint density at radius 3 is 1.74 bits per heavy atom. The van der Waals surface area contributed by atoms with Gasteiger partial charge in [0.2, 0.25) is 0 Å². The van der Waals surface area contributed by atoms with Crippen LogP contribution in [0.5, 0.6) is 0 Å². The van der Waals surface area contributed by atoms with E-state index in [4.69, 9.17) is 0 Å². The van der Waals surface area contributed by atoms with Gasteiger partial charge in [0, 0.05) is 93.3 Å². The van der Waals surface area contributed by atoms with E-state index in [1.165, 1.54) is 11.3 Å². The molecule has 1 nitrogen and oxygen atoms in total. The molecular weight excluding hydrogens is 341 g/mol. The second-order valence-corrected chi connectivity index (χ2v) is 6.72. The Kier molecular flexibility index (Phi) is 13.7. The number of allylic oxidation sites excluding steroid dienone is 5. The van der Waals surface area contributed by atoms with Gasteiger partial charge in [-0.25, -0.2) is 4.39 Å². The third kappa shape index (κ3) is 7.23. The van der Waals surface area contributed by atoms with Crippen LogP contribution in [0.1, 0.15) is 55.4 Å². The molecule has 0 aromatic carbocycles. The van der Waals surface area contributed by atoms with Gasteiger partial charge in [-0.3, -0.25) is 4.99 Å². The number of rotatable bonds is 0. The SMILES string of the molecule is CC1=CC(F)=C(C)C(C)C1C.CC1=CN=C(C)C(C)C1C.[Ar].[Ar]. The Bertz CT molecular complexity index is 495. The van der Waals surface area contributed by atoms with Gasteiger partial charge in [0.05, 0.1) is 0 Å². The fourth-order valence-corrected chi connectivity index (χ4v) is 2.63. The van der Waals surface area contributed by atoms with Crippen LogP contribution in [0.15, 0.2) is 39.8 Å². The maximum atomic E-state index is 13.1. The topological polar surface area (TPSA) is 12.4 Å². The quantitative estimate of drug-likeness (QED) is 0.488. The van der Waals surface area contributed by atoms with Gasteiger partial charge in [0.25, 0.3) is 0 Å². The van der Waals surface area contributed by atoms with E-state index in [0.29, 0.717) is 23.7 Å². The largest absolute Gasteiger partial charge is 0.266 e. The Morgan fingerprint density at radius 2 is 1.26 bits per heavy atom. The van der Waals surface area contributed by atoms with Crippen molar-refractivity contribution in [1.29, 1.82) is 0 Å². The van der Waals surface area contributed by atoms with Gasteiger partial charge in [0.15, 0.2) is 0 Å². The summed E-state index contributed by atoms with van der Waals surface area (Å²) in [6.45, 7) is 16.8. The number of aliphatic imine (C=N–C) groups is 1. The average Bonchev–Trinajstić information content (AvgIpc) is 2.45. The van der Waals surface area contributed by atoms with Crippen LogP contribution in [-0.2, 0) is 0 Å². The molecule has 23 heavy (non-hydrogen) atoms. The van der Waals surface area contributed by atoms with E-state index in [1.807, 2.05) is 20.0 Å². The van der Waals surface area contributed by atoms with Gasteiger partial charge in [-0.15, -0.1) is 0 Å². The molecule has 4 unspecified atom stereocenters. The summed E-state index contributed by atoms with van der Waals surface area (Å²) in [5.74, 6) is 2.13. The minimum absolute atomic E-state index is 0. The molecule has 4 heteroatoms. The van der Waals surface area contributed by atoms with Gasteiger partial charge >= 0.3 is 0 Å². The van der Waals surface area contributed by atoms with Crippen molar-refractivity contribution in [2.45, 2.75) is 55.4 Å². The maximum absolute atomic E-state index is 13.1. The molecule has 0 amide bonds. The third-order valence-electron chi connectivity index (χ3n) is 5.48. The van der Waals surface area contributed by atoms with Gasteiger partial charge in [-0.05, 0) is 57.1 Å². The van der Waals surface area contributed by atoms with E-state index in [2.05, 4.69) is 46.5 Å². The van der Waals surface area contributed by atoms with Crippen LogP contribution >= 0.6 is 0 Å². The minimum Gasteiger partial charge on any atom is -0.266 e. The first-order valence-electron chi connectivity index (χ1n) is 7.92. The second-order valence-electron chi connectivity index (χ2n) is 6.72.